The number of nitrogens with two attached hydrogens (primary N) is 1. The van der Waals surface area contributed by atoms with Crippen LogP contribution in [0.4, 0.5) is 18.9 Å². The molecule has 35 heavy (non-hydrogen) atoms. The van der Waals surface area contributed by atoms with Crippen molar-refractivity contribution in [1.29, 1.82) is 5.26 Å². The van der Waals surface area contributed by atoms with Gasteiger partial charge in [-0.05, 0) is 45.4 Å². The highest BCUT2D eigenvalue weighted by molar-refractivity contribution is 6.10. The lowest BCUT2D eigenvalue weighted by Gasteiger charge is -2.15. The second-order valence-electron chi connectivity index (χ2n) is 7.28. The number of rotatable bonds is 7. The first-order valence-electron chi connectivity index (χ1n) is 10.4. The van der Waals surface area contributed by atoms with E-state index in [1.807, 2.05) is 13.8 Å². The van der Waals surface area contributed by atoms with Crippen LogP contribution in [0.25, 0.3) is 5.57 Å². The largest absolute Gasteiger partial charge is 0.478 e. The van der Waals surface area contributed by atoms with Gasteiger partial charge >= 0.3 is 6.18 Å². The number of aromatic nitrogens is 3. The lowest BCUT2D eigenvalue weighted by molar-refractivity contribution is -0.0918. The lowest BCUT2D eigenvalue weighted by atomic mass is 10.1. The zero-order valence-electron chi connectivity index (χ0n) is 19.9. The molecule has 0 fully saturated rings. The number of aryl methyl sites for hydroxylation is 2. The molecule has 0 aliphatic carbocycles. The van der Waals surface area contributed by atoms with Crippen LogP contribution in [-0.2, 0) is 6.54 Å². The summed E-state index contributed by atoms with van der Waals surface area (Å²) >= 11 is 0. The fourth-order valence-corrected chi connectivity index (χ4v) is 2.99. The maximum absolute atomic E-state index is 13.1. The molecule has 4 N–H and O–H groups in total. The van der Waals surface area contributed by atoms with E-state index in [-0.39, 0.29) is 23.8 Å². The van der Waals surface area contributed by atoms with Gasteiger partial charge in [0.05, 0.1) is 30.2 Å². The second-order valence-corrected chi connectivity index (χ2v) is 7.28. The van der Waals surface area contributed by atoms with Crippen LogP contribution in [0, 0.1) is 32.2 Å². The van der Waals surface area contributed by atoms with Crippen LogP contribution in [0.15, 0.2) is 27.8 Å². The molecule has 0 aliphatic heterocycles. The predicted molar refractivity (Wildman–Crippen MR) is 127 cm³/mol. The molecule has 0 radical (unpaired) electrons. The van der Waals surface area contributed by atoms with Crippen molar-refractivity contribution in [1.82, 2.24) is 20.5 Å². The minimum Gasteiger partial charge on any atom is -0.478 e. The van der Waals surface area contributed by atoms with Gasteiger partial charge in [0.1, 0.15) is 5.70 Å². The van der Waals surface area contributed by atoms with Crippen LogP contribution in [0.5, 0.6) is 5.88 Å². The van der Waals surface area contributed by atoms with E-state index in [0.717, 1.165) is 11.8 Å². The van der Waals surface area contributed by atoms with Crippen molar-refractivity contribution >= 4 is 23.4 Å². The molecular weight excluding hydrogens is 463 g/mol. The summed E-state index contributed by atoms with van der Waals surface area (Å²) in [5.41, 5.74) is 6.38. The summed E-state index contributed by atoms with van der Waals surface area (Å²) in [7, 11) is 1.33. The third kappa shape index (κ3) is 7.13. The fraction of sp³-hybridized carbons (Fsp3) is 0.364. The summed E-state index contributed by atoms with van der Waals surface area (Å²) in [6.45, 7) is 7.48. The number of hydrogen-bond donors (Lipinski definition) is 3. The Morgan fingerprint density at radius 2 is 1.97 bits per heavy atom. The molecule has 2 heterocycles. The second kappa shape index (κ2) is 11.8. The highest BCUT2D eigenvalue weighted by atomic mass is 19.4. The van der Waals surface area contributed by atoms with Gasteiger partial charge in [0.15, 0.2) is 6.19 Å². The quantitative estimate of drug-likeness (QED) is 0.233. The molecular formula is C22H26F3N9O. The molecule has 2 rings (SSSR count). The Morgan fingerprint density at radius 1 is 1.26 bits per heavy atom. The van der Waals surface area contributed by atoms with Crippen LogP contribution >= 0.6 is 0 Å². The van der Waals surface area contributed by atoms with Gasteiger partial charge in [0.2, 0.25) is 11.8 Å². The Hall–Kier alpha value is -4.21. The smallest absolute Gasteiger partial charge is 0.431 e. The number of nitrogens with zero attached hydrogens (tertiary/aromatic N) is 6. The zero-order valence-corrected chi connectivity index (χ0v) is 19.9. The maximum atomic E-state index is 13.1. The van der Waals surface area contributed by atoms with Crippen LogP contribution in [-0.4, -0.2) is 47.2 Å². The Kier molecular flexibility index (Phi) is 9.10. The Morgan fingerprint density at radius 3 is 2.54 bits per heavy atom. The van der Waals surface area contributed by atoms with Crippen molar-refractivity contribution < 1.29 is 17.9 Å². The standard InChI is InChI=1S/C22H26F3N9O/c1-6-35-20-14(4)17(8-13(3)31-20)32-21(30-11-26)29-9-15-7-12(2)18(34-33-15)16(10-28-5)19(27)22(23,24)25/h7-8,10H,6,9,27H2,1-5H3,(H2,29,30,31,32). The highest BCUT2D eigenvalue weighted by Crippen LogP contribution is 2.29. The van der Waals surface area contributed by atoms with Crippen molar-refractivity contribution in [3.8, 4) is 12.1 Å². The van der Waals surface area contributed by atoms with Crippen LogP contribution < -0.4 is 21.1 Å². The Bertz CT molecular complexity index is 1200. The molecule has 0 bridgehead atoms. The molecule has 13 heteroatoms. The highest BCUT2D eigenvalue weighted by Gasteiger charge is 2.35. The number of hydrogen-bond acceptors (Lipinski definition) is 8. The number of nitrogens with one attached hydrogen (secondary N) is 2. The summed E-state index contributed by atoms with van der Waals surface area (Å²) in [6, 6.07) is 3.32. The molecule has 0 aliphatic rings. The van der Waals surface area contributed by atoms with E-state index in [2.05, 4.69) is 35.8 Å². The van der Waals surface area contributed by atoms with Gasteiger partial charge in [0.25, 0.3) is 0 Å². The van der Waals surface area contributed by atoms with Crippen molar-refractivity contribution in [3.63, 3.8) is 0 Å². The minimum atomic E-state index is -4.75. The molecule has 186 valence electrons. The number of aliphatic imine (C=N–C) groups is 2. The van der Waals surface area contributed by atoms with Gasteiger partial charge < -0.3 is 15.8 Å². The summed E-state index contributed by atoms with van der Waals surface area (Å²) in [5.74, 6) is 0.591. The number of guanidine groups is 1. The van der Waals surface area contributed by atoms with Crippen LogP contribution in [0.3, 0.4) is 0 Å². The summed E-state index contributed by atoms with van der Waals surface area (Å²) in [6.07, 6.45) is -1.95. The average molecular weight is 490 g/mol. The van der Waals surface area contributed by atoms with E-state index in [9.17, 15) is 13.2 Å². The minimum absolute atomic E-state index is 0.0117. The molecule has 0 aromatic carbocycles. The van der Waals surface area contributed by atoms with E-state index >= 15 is 0 Å². The molecule has 2 aromatic heterocycles. The number of ether oxygens (including phenoxy) is 1. The Balaban J connectivity index is 2.35. The lowest BCUT2D eigenvalue weighted by Crippen LogP contribution is -2.27. The van der Waals surface area contributed by atoms with E-state index in [1.165, 1.54) is 13.1 Å². The summed E-state index contributed by atoms with van der Waals surface area (Å²) < 4.78 is 45.0. The van der Waals surface area contributed by atoms with Crippen molar-refractivity contribution in [2.45, 2.75) is 40.4 Å². The van der Waals surface area contributed by atoms with Gasteiger partial charge in [-0.25, -0.2) is 9.98 Å². The first-order chi connectivity index (χ1) is 16.5. The van der Waals surface area contributed by atoms with Crippen molar-refractivity contribution in [3.05, 3.63) is 46.0 Å². The topological polar surface area (TPSA) is 146 Å². The number of halogens is 3. The van der Waals surface area contributed by atoms with Crippen molar-refractivity contribution in [2.24, 2.45) is 15.7 Å². The third-order valence-electron chi connectivity index (χ3n) is 4.61. The number of allylic oxidation sites excluding steroid dienone is 2. The van der Waals surface area contributed by atoms with Gasteiger partial charge in [-0.15, -0.1) is 5.10 Å². The molecule has 0 saturated carbocycles. The molecule has 0 amide bonds. The first kappa shape index (κ1) is 27.0. The number of anilines is 1. The van der Waals surface area contributed by atoms with E-state index in [0.29, 0.717) is 35.1 Å². The van der Waals surface area contributed by atoms with Crippen molar-refractivity contribution in [2.75, 3.05) is 19.0 Å². The van der Waals surface area contributed by atoms with Gasteiger partial charge in [-0.3, -0.25) is 10.3 Å². The number of pyridine rings is 1. The average Bonchev–Trinajstić information content (AvgIpc) is 2.78. The molecule has 0 unspecified atom stereocenters. The molecule has 0 atom stereocenters. The SMILES string of the molecule is CCOc1nc(C)cc(NC(=NCc2cc(C)c(C(C=NC)=C(N)C(F)(F)F)nn2)NC#N)c1C. The predicted octanol–water partition coefficient (Wildman–Crippen LogP) is 3.17. The number of alkyl halides is 3. The molecule has 2 aromatic rings. The molecule has 10 nitrogen and oxygen atoms in total. The molecule has 0 saturated heterocycles. The molecule has 0 spiro atoms. The van der Waals surface area contributed by atoms with E-state index in [1.54, 1.807) is 26.1 Å². The normalized spacial score (nSPS) is 12.8. The number of nitriles is 1. The Labute approximate surface area is 200 Å². The first-order valence-corrected chi connectivity index (χ1v) is 10.4. The summed E-state index contributed by atoms with van der Waals surface area (Å²) in [5, 5.41) is 22.5. The van der Waals surface area contributed by atoms with Crippen LogP contribution in [0.1, 0.15) is 35.1 Å². The monoisotopic (exact) mass is 489 g/mol. The van der Waals surface area contributed by atoms with E-state index in [4.69, 9.17) is 15.7 Å². The maximum Gasteiger partial charge on any atom is 0.431 e. The zero-order chi connectivity index (χ0) is 26.2. The fourth-order valence-electron chi connectivity index (χ4n) is 2.99. The summed E-state index contributed by atoms with van der Waals surface area (Å²) in [4.78, 5) is 12.3. The van der Waals surface area contributed by atoms with Gasteiger partial charge in [-0.1, -0.05) is 0 Å². The third-order valence-corrected chi connectivity index (χ3v) is 4.61. The van der Waals surface area contributed by atoms with Gasteiger partial charge in [-0.2, -0.15) is 23.5 Å². The van der Waals surface area contributed by atoms with E-state index < -0.39 is 11.9 Å². The van der Waals surface area contributed by atoms with Crippen LogP contribution in [0.2, 0.25) is 0 Å². The van der Waals surface area contributed by atoms with Gasteiger partial charge in [0, 0.05) is 30.1 Å².